The molecule has 5 atom stereocenters. The molecule has 7 aromatic rings. The smallest absolute Gasteiger partial charge is 0.335 e. The van der Waals surface area contributed by atoms with Gasteiger partial charge in [0.15, 0.2) is 11.5 Å². The minimum Gasteiger partial charge on any atom is -0.493 e. The first-order valence-electron chi connectivity index (χ1n) is 21.6. The van der Waals surface area contributed by atoms with Crippen LogP contribution >= 0.6 is 0 Å². The summed E-state index contributed by atoms with van der Waals surface area (Å²) in [6, 6.07) is 62.8. The SMILES string of the molecule is COc1cc(C(=O)O)cc(OC)c1O[C@@H]1O[C@H](COC(c2ccccc2)(c2ccccc2)c2ccccc2)[C@@H](OCc2ccccc2)[C@@H](OCc2ccccc2)[C@H]1OCc1ccccc1. The fraction of sp³-hybridized carbons (Fsp3) is 0.218. The van der Waals surface area contributed by atoms with Gasteiger partial charge in [0.1, 0.15) is 30.0 Å². The van der Waals surface area contributed by atoms with Crippen molar-refractivity contribution in [1.29, 1.82) is 0 Å². The molecule has 0 radical (unpaired) electrons. The Morgan fingerprint density at radius 2 is 0.892 bits per heavy atom. The van der Waals surface area contributed by atoms with Crippen molar-refractivity contribution in [2.24, 2.45) is 0 Å². The molecule has 1 fully saturated rings. The summed E-state index contributed by atoms with van der Waals surface area (Å²) in [7, 11) is 2.87. The van der Waals surface area contributed by atoms with Crippen LogP contribution in [-0.4, -0.2) is 62.6 Å². The predicted octanol–water partition coefficient (Wildman–Crippen LogP) is 10.3. The Kier molecular flexibility index (Phi) is 15.0. The van der Waals surface area contributed by atoms with Crippen molar-refractivity contribution in [3.8, 4) is 17.2 Å². The van der Waals surface area contributed by atoms with Crippen LogP contribution in [0.3, 0.4) is 0 Å². The Labute approximate surface area is 379 Å². The van der Waals surface area contributed by atoms with Gasteiger partial charge in [0.25, 0.3) is 0 Å². The maximum absolute atomic E-state index is 12.2. The zero-order valence-corrected chi connectivity index (χ0v) is 36.3. The monoisotopic (exact) mass is 872 g/mol. The molecule has 1 aliphatic rings. The first-order chi connectivity index (χ1) is 32.0. The van der Waals surface area contributed by atoms with Gasteiger partial charge in [-0.05, 0) is 45.5 Å². The molecule has 1 aliphatic heterocycles. The molecule has 332 valence electrons. The quantitative estimate of drug-likeness (QED) is 0.0743. The number of hydrogen-bond acceptors (Lipinski definition) is 9. The second kappa shape index (κ2) is 21.7. The van der Waals surface area contributed by atoms with Crippen LogP contribution in [-0.2, 0) is 49.1 Å². The summed E-state index contributed by atoms with van der Waals surface area (Å²) in [5.74, 6) is -0.786. The minimum atomic E-state index is -1.21. The van der Waals surface area contributed by atoms with Gasteiger partial charge in [0, 0.05) is 0 Å². The molecule has 10 nitrogen and oxygen atoms in total. The maximum atomic E-state index is 12.2. The van der Waals surface area contributed by atoms with Gasteiger partial charge < -0.3 is 43.0 Å². The van der Waals surface area contributed by atoms with E-state index in [1.165, 1.54) is 26.4 Å². The number of rotatable bonds is 20. The van der Waals surface area contributed by atoms with Crippen LogP contribution in [0, 0.1) is 0 Å². The fourth-order valence-corrected chi connectivity index (χ4v) is 8.19. The number of benzene rings is 7. The molecule has 0 amide bonds. The third-order valence-electron chi connectivity index (χ3n) is 11.4. The summed E-state index contributed by atoms with van der Waals surface area (Å²) in [4.78, 5) is 12.2. The standard InChI is InChI=1S/C55H52O10/c1-58-46-33-42(53(56)57)34-47(59-2)49(46)65-54-52(62-37-41-25-13-5-14-26-41)51(61-36-40-23-11-4-12-24-40)50(60-35-39-21-9-3-10-22-39)48(64-54)38-63-55(43-27-15-6-16-28-43,44-29-17-7-18-30-44)45-31-19-8-20-32-45/h3-34,48,50-52,54H,35-38H2,1-2H3,(H,56,57)/t48-,50-,51-,52-,54+/m1/s1. The van der Waals surface area contributed by atoms with E-state index in [1.54, 1.807) is 0 Å². The molecular weight excluding hydrogens is 821 g/mol. The second-order valence-corrected chi connectivity index (χ2v) is 15.5. The van der Waals surface area contributed by atoms with Gasteiger partial charge in [-0.1, -0.05) is 182 Å². The molecule has 0 bridgehead atoms. The Hall–Kier alpha value is -6.79. The second-order valence-electron chi connectivity index (χ2n) is 15.5. The summed E-state index contributed by atoms with van der Waals surface area (Å²) < 4.78 is 53.8. The van der Waals surface area contributed by atoms with Crippen molar-refractivity contribution in [2.75, 3.05) is 20.8 Å². The summed E-state index contributed by atoms with van der Waals surface area (Å²) in [6.07, 6.45) is -4.62. The van der Waals surface area contributed by atoms with Crippen molar-refractivity contribution in [3.63, 3.8) is 0 Å². The van der Waals surface area contributed by atoms with Crippen molar-refractivity contribution >= 4 is 5.97 Å². The van der Waals surface area contributed by atoms with Gasteiger partial charge in [-0.15, -0.1) is 0 Å². The lowest BCUT2D eigenvalue weighted by Gasteiger charge is -2.47. The fourth-order valence-electron chi connectivity index (χ4n) is 8.19. The zero-order valence-electron chi connectivity index (χ0n) is 36.3. The van der Waals surface area contributed by atoms with Gasteiger partial charge >= 0.3 is 5.97 Å². The molecule has 0 saturated carbocycles. The molecule has 1 heterocycles. The maximum Gasteiger partial charge on any atom is 0.335 e. The molecule has 1 N–H and O–H groups in total. The predicted molar refractivity (Wildman–Crippen MR) is 246 cm³/mol. The minimum absolute atomic E-state index is 0.0131. The van der Waals surface area contributed by atoms with Crippen LogP contribution in [0.1, 0.15) is 43.7 Å². The van der Waals surface area contributed by atoms with Gasteiger partial charge in [-0.2, -0.15) is 0 Å². The van der Waals surface area contributed by atoms with Crippen LogP contribution in [0.4, 0.5) is 0 Å². The van der Waals surface area contributed by atoms with Gasteiger partial charge in [-0.25, -0.2) is 4.79 Å². The van der Waals surface area contributed by atoms with Crippen molar-refractivity contribution < 1.29 is 47.8 Å². The highest BCUT2D eigenvalue weighted by molar-refractivity contribution is 5.89. The molecule has 0 aromatic heterocycles. The molecule has 0 unspecified atom stereocenters. The van der Waals surface area contributed by atoms with E-state index < -0.39 is 42.3 Å². The lowest BCUT2D eigenvalue weighted by atomic mass is 9.80. The van der Waals surface area contributed by atoms with Gasteiger partial charge in [0.2, 0.25) is 12.0 Å². The van der Waals surface area contributed by atoms with Crippen molar-refractivity contribution in [1.82, 2.24) is 0 Å². The molecule has 0 aliphatic carbocycles. The first kappa shape index (κ1) is 44.8. The normalized spacial score (nSPS) is 18.4. The molecule has 7 aromatic carbocycles. The first-order valence-corrected chi connectivity index (χ1v) is 21.6. The number of methoxy groups -OCH3 is 2. The molecule has 0 spiro atoms. The Morgan fingerprint density at radius 1 is 0.523 bits per heavy atom. The van der Waals surface area contributed by atoms with E-state index in [-0.39, 0.29) is 49.2 Å². The van der Waals surface area contributed by atoms with Gasteiger partial charge in [0.05, 0.1) is 46.2 Å². The van der Waals surface area contributed by atoms with Gasteiger partial charge in [-0.3, -0.25) is 0 Å². The largest absolute Gasteiger partial charge is 0.493 e. The van der Waals surface area contributed by atoms with E-state index in [9.17, 15) is 9.90 Å². The Balaban J connectivity index is 1.27. The van der Waals surface area contributed by atoms with E-state index in [0.29, 0.717) is 0 Å². The van der Waals surface area contributed by atoms with Crippen LogP contribution in [0.15, 0.2) is 194 Å². The zero-order chi connectivity index (χ0) is 44.9. The van der Waals surface area contributed by atoms with Crippen LogP contribution in [0.5, 0.6) is 17.2 Å². The number of carboxylic acid groups (broad SMARTS) is 1. The lowest BCUT2D eigenvalue weighted by molar-refractivity contribution is -0.312. The highest BCUT2D eigenvalue weighted by Crippen LogP contribution is 2.44. The lowest BCUT2D eigenvalue weighted by Crippen LogP contribution is -2.63. The average molecular weight is 873 g/mol. The third-order valence-corrected chi connectivity index (χ3v) is 11.4. The van der Waals surface area contributed by atoms with Crippen LogP contribution in [0.2, 0.25) is 0 Å². The van der Waals surface area contributed by atoms with E-state index in [2.05, 4.69) is 36.4 Å². The van der Waals surface area contributed by atoms with Crippen LogP contribution in [0.25, 0.3) is 0 Å². The highest BCUT2D eigenvalue weighted by atomic mass is 16.7. The number of hydrogen-bond donors (Lipinski definition) is 1. The average Bonchev–Trinajstić information content (AvgIpc) is 3.37. The topological polar surface area (TPSA) is 111 Å². The third kappa shape index (κ3) is 10.6. The van der Waals surface area contributed by atoms with E-state index in [1.807, 2.05) is 146 Å². The number of ether oxygens (including phenoxy) is 8. The molecule has 1 saturated heterocycles. The summed E-state index contributed by atoms with van der Waals surface area (Å²) in [5, 5.41) is 9.97. The van der Waals surface area contributed by atoms with Crippen molar-refractivity contribution in [3.05, 3.63) is 233 Å². The molecule has 10 heteroatoms. The van der Waals surface area contributed by atoms with E-state index >= 15 is 0 Å². The number of carbonyl (C=O) groups is 1. The number of carboxylic acids is 1. The molecular formula is C55H52O10. The summed E-state index contributed by atoms with van der Waals surface area (Å²) >= 11 is 0. The van der Waals surface area contributed by atoms with Crippen molar-refractivity contribution in [2.45, 2.75) is 56.1 Å². The molecule has 65 heavy (non-hydrogen) atoms. The molecule has 8 rings (SSSR count). The Bertz CT molecular complexity index is 2400. The highest BCUT2D eigenvalue weighted by Gasteiger charge is 2.51. The number of aromatic carboxylic acids is 1. The Morgan fingerprint density at radius 3 is 1.28 bits per heavy atom. The van der Waals surface area contributed by atoms with E-state index in [0.717, 1.165) is 33.4 Å². The summed E-state index contributed by atoms with van der Waals surface area (Å²) in [5.41, 5.74) is 4.40. The summed E-state index contributed by atoms with van der Waals surface area (Å²) in [6.45, 7) is 0.607. The van der Waals surface area contributed by atoms with Crippen LogP contribution < -0.4 is 14.2 Å². The van der Waals surface area contributed by atoms with E-state index in [4.69, 9.17) is 37.9 Å².